The summed E-state index contributed by atoms with van der Waals surface area (Å²) >= 11 is 6.52. The first-order valence-electron chi connectivity index (χ1n) is 6.07. The maximum atomic E-state index is 12.2. The number of amides is 1. The van der Waals surface area contributed by atoms with Gasteiger partial charge in [-0.05, 0) is 36.3 Å². The molecule has 104 valence electrons. The van der Waals surface area contributed by atoms with Crippen molar-refractivity contribution in [3.63, 3.8) is 0 Å². The van der Waals surface area contributed by atoms with Gasteiger partial charge in [-0.1, -0.05) is 36.1 Å². The van der Waals surface area contributed by atoms with Gasteiger partial charge < -0.3 is 4.74 Å². The Hall–Kier alpha value is -1.59. The predicted octanol–water partition coefficient (Wildman–Crippen LogP) is 3.39. The molecule has 5 heteroatoms. The van der Waals surface area contributed by atoms with Crippen molar-refractivity contribution < 1.29 is 9.53 Å². The molecule has 1 aliphatic heterocycles. The van der Waals surface area contributed by atoms with Crippen molar-refractivity contribution in [2.24, 2.45) is 0 Å². The highest BCUT2D eigenvalue weighted by molar-refractivity contribution is 8.26. The SMILES string of the molecule is C=CCN1C(=O)/C(=C\c2ccc(OC)c(C)c2)SC1=S. The van der Waals surface area contributed by atoms with Gasteiger partial charge in [0.2, 0.25) is 0 Å². The summed E-state index contributed by atoms with van der Waals surface area (Å²) in [6.07, 6.45) is 3.53. The second kappa shape index (κ2) is 6.24. The highest BCUT2D eigenvalue weighted by atomic mass is 32.2. The minimum absolute atomic E-state index is 0.0617. The maximum absolute atomic E-state index is 12.2. The van der Waals surface area contributed by atoms with E-state index in [0.717, 1.165) is 16.9 Å². The van der Waals surface area contributed by atoms with Gasteiger partial charge in [-0.25, -0.2) is 0 Å². The van der Waals surface area contributed by atoms with Gasteiger partial charge >= 0.3 is 0 Å². The van der Waals surface area contributed by atoms with E-state index in [1.807, 2.05) is 31.2 Å². The summed E-state index contributed by atoms with van der Waals surface area (Å²) in [7, 11) is 1.64. The van der Waals surface area contributed by atoms with Crippen molar-refractivity contribution in [2.45, 2.75) is 6.92 Å². The van der Waals surface area contributed by atoms with Gasteiger partial charge in [-0.15, -0.1) is 6.58 Å². The van der Waals surface area contributed by atoms with Crippen LogP contribution >= 0.6 is 24.0 Å². The van der Waals surface area contributed by atoms with Crippen LogP contribution in [0.4, 0.5) is 0 Å². The standard InChI is InChI=1S/C15H15NO2S2/c1-4-7-16-14(17)13(20-15(16)19)9-11-5-6-12(18-3)10(2)8-11/h4-6,8-9H,1,7H2,2-3H3/b13-9+. The van der Waals surface area contributed by atoms with E-state index in [9.17, 15) is 4.79 Å². The van der Waals surface area contributed by atoms with E-state index in [1.54, 1.807) is 18.1 Å². The number of ether oxygens (including phenoxy) is 1. The lowest BCUT2D eigenvalue weighted by molar-refractivity contribution is -0.121. The van der Waals surface area contributed by atoms with E-state index >= 15 is 0 Å². The minimum atomic E-state index is -0.0617. The third-order valence-corrected chi connectivity index (χ3v) is 4.28. The monoisotopic (exact) mass is 305 g/mol. The first kappa shape index (κ1) is 14.8. The van der Waals surface area contributed by atoms with Gasteiger partial charge in [-0.3, -0.25) is 9.69 Å². The fraction of sp³-hybridized carbons (Fsp3) is 0.200. The first-order valence-corrected chi connectivity index (χ1v) is 7.30. The molecular weight excluding hydrogens is 290 g/mol. The second-order valence-electron chi connectivity index (χ2n) is 4.31. The Balaban J connectivity index is 2.28. The van der Waals surface area contributed by atoms with E-state index in [1.165, 1.54) is 11.8 Å². The molecule has 0 unspecified atom stereocenters. The number of nitrogens with zero attached hydrogens (tertiary/aromatic N) is 1. The molecule has 0 aromatic heterocycles. The summed E-state index contributed by atoms with van der Waals surface area (Å²) in [4.78, 5) is 14.4. The van der Waals surface area contributed by atoms with Gasteiger partial charge in [0.05, 0.1) is 12.0 Å². The molecule has 1 heterocycles. The summed E-state index contributed by atoms with van der Waals surface area (Å²) in [5.41, 5.74) is 1.99. The van der Waals surface area contributed by atoms with Crippen LogP contribution < -0.4 is 4.74 Å². The molecule has 0 atom stereocenters. The van der Waals surface area contributed by atoms with Crippen molar-refractivity contribution >= 4 is 40.3 Å². The summed E-state index contributed by atoms with van der Waals surface area (Å²) < 4.78 is 5.80. The average molecular weight is 305 g/mol. The smallest absolute Gasteiger partial charge is 0.266 e. The van der Waals surface area contributed by atoms with Crippen LogP contribution in [0.25, 0.3) is 6.08 Å². The molecule has 1 amide bonds. The highest BCUT2D eigenvalue weighted by Gasteiger charge is 2.30. The van der Waals surface area contributed by atoms with Crippen LogP contribution in [0.2, 0.25) is 0 Å². The number of benzene rings is 1. The number of carbonyl (C=O) groups excluding carboxylic acids is 1. The highest BCUT2D eigenvalue weighted by Crippen LogP contribution is 2.32. The third-order valence-electron chi connectivity index (χ3n) is 2.90. The first-order chi connectivity index (χ1) is 9.56. The van der Waals surface area contributed by atoms with E-state index in [4.69, 9.17) is 17.0 Å². The molecule has 20 heavy (non-hydrogen) atoms. The number of rotatable bonds is 4. The molecule has 1 aromatic carbocycles. The number of aryl methyl sites for hydroxylation is 1. The molecule has 1 fully saturated rings. The zero-order chi connectivity index (χ0) is 14.7. The van der Waals surface area contributed by atoms with Crippen LogP contribution in [0.1, 0.15) is 11.1 Å². The Morgan fingerprint density at radius 3 is 2.85 bits per heavy atom. The molecule has 0 radical (unpaired) electrons. The van der Waals surface area contributed by atoms with E-state index in [2.05, 4.69) is 6.58 Å². The van der Waals surface area contributed by atoms with Gasteiger partial charge in [-0.2, -0.15) is 0 Å². The molecule has 1 aliphatic rings. The van der Waals surface area contributed by atoms with Crippen LogP contribution in [0.5, 0.6) is 5.75 Å². The fourth-order valence-corrected chi connectivity index (χ4v) is 3.20. The molecule has 2 rings (SSSR count). The average Bonchev–Trinajstić information content (AvgIpc) is 2.67. The lowest BCUT2D eigenvalue weighted by Gasteiger charge is -2.10. The lowest BCUT2D eigenvalue weighted by atomic mass is 10.1. The molecule has 1 saturated heterocycles. The topological polar surface area (TPSA) is 29.5 Å². The molecule has 0 bridgehead atoms. The fourth-order valence-electron chi connectivity index (χ4n) is 1.93. The van der Waals surface area contributed by atoms with Gasteiger partial charge in [0.25, 0.3) is 5.91 Å². The minimum Gasteiger partial charge on any atom is -0.496 e. The quantitative estimate of drug-likeness (QED) is 0.484. The van der Waals surface area contributed by atoms with Gasteiger partial charge in [0, 0.05) is 6.54 Å². The Labute approximate surface area is 128 Å². The normalized spacial score (nSPS) is 16.9. The summed E-state index contributed by atoms with van der Waals surface area (Å²) in [5.74, 6) is 0.773. The van der Waals surface area contributed by atoms with Crippen molar-refractivity contribution in [1.29, 1.82) is 0 Å². The number of hydrogen-bond acceptors (Lipinski definition) is 4. The molecule has 0 N–H and O–H groups in total. The number of thioether (sulfide) groups is 1. The van der Waals surface area contributed by atoms with E-state index in [0.29, 0.717) is 15.8 Å². The number of hydrogen-bond donors (Lipinski definition) is 0. The molecule has 0 spiro atoms. The van der Waals surface area contributed by atoms with Crippen molar-refractivity contribution in [2.75, 3.05) is 13.7 Å². The molecule has 3 nitrogen and oxygen atoms in total. The summed E-state index contributed by atoms with van der Waals surface area (Å²) in [5, 5.41) is 0. The maximum Gasteiger partial charge on any atom is 0.266 e. The van der Waals surface area contributed by atoms with E-state index in [-0.39, 0.29) is 5.91 Å². The van der Waals surface area contributed by atoms with Crippen molar-refractivity contribution in [3.8, 4) is 5.75 Å². The van der Waals surface area contributed by atoms with Crippen LogP contribution in [0, 0.1) is 6.92 Å². The zero-order valence-electron chi connectivity index (χ0n) is 11.4. The number of methoxy groups -OCH3 is 1. The van der Waals surface area contributed by atoms with Gasteiger partial charge in [0.15, 0.2) is 0 Å². The van der Waals surface area contributed by atoms with Crippen molar-refractivity contribution in [3.05, 3.63) is 46.9 Å². The predicted molar refractivity (Wildman–Crippen MR) is 87.8 cm³/mol. The summed E-state index contributed by atoms with van der Waals surface area (Å²) in [6.45, 7) is 6.06. The Kier molecular flexibility index (Phi) is 4.62. The third kappa shape index (κ3) is 2.94. The molecule has 1 aromatic rings. The Morgan fingerprint density at radius 1 is 1.50 bits per heavy atom. The Bertz CT molecular complexity index is 608. The molecule has 0 aliphatic carbocycles. The summed E-state index contributed by atoms with van der Waals surface area (Å²) in [6, 6.07) is 5.80. The number of carbonyl (C=O) groups is 1. The largest absolute Gasteiger partial charge is 0.496 e. The lowest BCUT2D eigenvalue weighted by Crippen LogP contribution is -2.27. The number of thiocarbonyl (C=S) groups is 1. The van der Waals surface area contributed by atoms with Crippen LogP contribution in [-0.4, -0.2) is 28.8 Å². The van der Waals surface area contributed by atoms with Gasteiger partial charge in [0.1, 0.15) is 10.1 Å². The molecule has 0 saturated carbocycles. The zero-order valence-corrected chi connectivity index (χ0v) is 13.0. The second-order valence-corrected chi connectivity index (χ2v) is 5.99. The molecular formula is C15H15NO2S2. The van der Waals surface area contributed by atoms with Crippen LogP contribution in [0.15, 0.2) is 35.8 Å². The van der Waals surface area contributed by atoms with Crippen molar-refractivity contribution in [1.82, 2.24) is 4.90 Å². The van der Waals surface area contributed by atoms with E-state index < -0.39 is 0 Å². The van der Waals surface area contributed by atoms with Crippen LogP contribution in [-0.2, 0) is 4.79 Å². The van der Waals surface area contributed by atoms with Crippen LogP contribution in [0.3, 0.4) is 0 Å². The Morgan fingerprint density at radius 2 is 2.25 bits per heavy atom.